The number of Topliss-reactive ketones (excluding diaryl/α,β-unsaturated/α-hetero) is 1. The highest BCUT2D eigenvalue weighted by Gasteiger charge is 2.37. The molecule has 1 unspecified atom stereocenters. The number of unbranched alkanes of at least 4 members (excludes halogenated alkanes) is 22. The molecule has 47 heavy (non-hydrogen) atoms. The van der Waals surface area contributed by atoms with E-state index in [1.165, 1.54) is 141 Å². The first-order valence-electron chi connectivity index (χ1n) is 20.5. The average Bonchev–Trinajstić information content (AvgIpc) is 3.46. The van der Waals surface area contributed by atoms with E-state index in [4.69, 9.17) is 0 Å². The first-order valence-corrected chi connectivity index (χ1v) is 20.5. The maximum atomic E-state index is 13.2. The molecule has 1 N–H and O–H groups in total. The smallest absolute Gasteiger partial charge is 0.317 e. The second-order valence-electron chi connectivity index (χ2n) is 14.3. The lowest BCUT2D eigenvalue weighted by molar-refractivity contribution is -0.485. The molecule has 0 aromatic heterocycles. The highest BCUT2D eigenvalue weighted by molar-refractivity contribution is 6.36. The molecule has 1 rings (SSSR count). The second kappa shape index (κ2) is 31.4. The van der Waals surface area contributed by atoms with Gasteiger partial charge in [-0.2, -0.15) is 0 Å². The third-order valence-corrected chi connectivity index (χ3v) is 9.73. The summed E-state index contributed by atoms with van der Waals surface area (Å²) in [4.78, 5) is 28.0. The van der Waals surface area contributed by atoms with Crippen LogP contribution < -0.4 is 5.32 Å². The number of nitrogens with zero attached hydrogens (tertiary/aromatic N) is 2. The molecule has 5 heteroatoms. The number of carbonyl (C=O) groups is 2. The van der Waals surface area contributed by atoms with Gasteiger partial charge in [-0.1, -0.05) is 141 Å². The van der Waals surface area contributed by atoms with Gasteiger partial charge in [0.05, 0.1) is 7.05 Å². The van der Waals surface area contributed by atoms with E-state index in [1.807, 2.05) is 14.0 Å². The molecular weight excluding hydrogens is 578 g/mol. The zero-order valence-corrected chi connectivity index (χ0v) is 31.8. The van der Waals surface area contributed by atoms with E-state index in [2.05, 4.69) is 52.9 Å². The Morgan fingerprint density at radius 1 is 0.617 bits per heavy atom. The molecule has 0 aromatic rings. The van der Waals surface area contributed by atoms with E-state index in [-0.39, 0.29) is 17.9 Å². The molecule has 5 nitrogen and oxygen atoms in total. The molecule has 1 heterocycles. The van der Waals surface area contributed by atoms with Crippen LogP contribution in [0.1, 0.15) is 201 Å². The zero-order chi connectivity index (χ0) is 34.2. The largest absolute Gasteiger partial charge is 0.318 e. The van der Waals surface area contributed by atoms with Crippen molar-refractivity contribution in [1.82, 2.24) is 10.2 Å². The lowest BCUT2D eigenvalue weighted by atomic mass is 10.1. The van der Waals surface area contributed by atoms with Crippen LogP contribution in [0.25, 0.3) is 0 Å². The van der Waals surface area contributed by atoms with Crippen LogP contribution in [0.5, 0.6) is 0 Å². The molecule has 0 aliphatic carbocycles. The molecule has 0 saturated heterocycles. The Morgan fingerprint density at radius 2 is 1.00 bits per heavy atom. The van der Waals surface area contributed by atoms with Gasteiger partial charge in [-0.25, -0.2) is 4.90 Å². The van der Waals surface area contributed by atoms with Gasteiger partial charge in [0.1, 0.15) is 13.1 Å². The summed E-state index contributed by atoms with van der Waals surface area (Å²) in [5, 5.41) is 3.17. The Kier molecular flexibility index (Phi) is 28.8. The average molecular weight is 657 g/mol. The van der Waals surface area contributed by atoms with Crippen LogP contribution in [-0.4, -0.2) is 53.3 Å². The number of amidine groups is 1. The quantitative estimate of drug-likeness (QED) is 0.0434. The van der Waals surface area contributed by atoms with E-state index in [0.29, 0.717) is 12.8 Å². The molecule has 0 radical (unpaired) electrons. The molecular formula is C42H78N3O2+. The fourth-order valence-corrected chi connectivity index (χ4v) is 6.65. The number of hydrogen-bond acceptors (Lipinski definition) is 3. The Labute approximate surface area is 292 Å². The summed E-state index contributed by atoms with van der Waals surface area (Å²) in [6, 6.07) is 0. The molecule has 1 aliphatic heterocycles. The van der Waals surface area contributed by atoms with Crippen molar-refractivity contribution in [3.63, 3.8) is 0 Å². The van der Waals surface area contributed by atoms with Crippen LogP contribution in [0.2, 0.25) is 0 Å². The highest BCUT2D eigenvalue weighted by atomic mass is 16.2. The molecule has 1 atom stereocenters. The van der Waals surface area contributed by atoms with Crippen molar-refractivity contribution in [2.75, 3.05) is 20.1 Å². The van der Waals surface area contributed by atoms with Crippen LogP contribution in [0.3, 0.4) is 0 Å². The van der Waals surface area contributed by atoms with Gasteiger partial charge in [0.25, 0.3) is 0 Å². The predicted octanol–water partition coefficient (Wildman–Crippen LogP) is 11.4. The fraction of sp³-hybridized carbons (Fsp3) is 0.833. The SMILES string of the molecule is CCCCCCCC/C=C\CCCCCCCC(=O)NC(C)N1CC[N+](C)=C1C(=O)CCCCCCC/C=C\CCCCCCCC. The van der Waals surface area contributed by atoms with Crippen molar-refractivity contribution >= 4 is 17.5 Å². The maximum absolute atomic E-state index is 13.2. The topological polar surface area (TPSA) is 52.4 Å². The third kappa shape index (κ3) is 24.0. The minimum atomic E-state index is -0.149. The predicted molar refractivity (Wildman–Crippen MR) is 204 cm³/mol. The molecule has 0 bridgehead atoms. The summed E-state index contributed by atoms with van der Waals surface area (Å²) in [6.45, 7) is 8.19. The Balaban J connectivity index is 2.09. The normalized spacial score (nSPS) is 14.3. The van der Waals surface area contributed by atoms with Gasteiger partial charge in [0.2, 0.25) is 11.7 Å². The van der Waals surface area contributed by atoms with Gasteiger partial charge in [-0.05, 0) is 71.1 Å². The zero-order valence-electron chi connectivity index (χ0n) is 31.8. The van der Waals surface area contributed by atoms with Gasteiger partial charge < -0.3 is 5.32 Å². The van der Waals surface area contributed by atoms with Crippen LogP contribution >= 0.6 is 0 Å². The highest BCUT2D eigenvalue weighted by Crippen LogP contribution is 2.14. The number of amides is 1. The number of ketones is 1. The van der Waals surface area contributed by atoms with Gasteiger partial charge in [0.15, 0.2) is 6.17 Å². The number of hydrogen-bond donors (Lipinski definition) is 1. The van der Waals surface area contributed by atoms with E-state index in [9.17, 15) is 9.59 Å². The van der Waals surface area contributed by atoms with Crippen molar-refractivity contribution in [3.05, 3.63) is 24.3 Å². The van der Waals surface area contributed by atoms with Crippen LogP contribution in [0, 0.1) is 0 Å². The summed E-state index contributed by atoms with van der Waals surface area (Å²) < 4.78 is 2.08. The molecule has 0 spiro atoms. The first-order chi connectivity index (χ1) is 23.0. The van der Waals surface area contributed by atoms with E-state index in [1.54, 1.807) is 0 Å². The third-order valence-electron chi connectivity index (χ3n) is 9.73. The summed E-state index contributed by atoms with van der Waals surface area (Å²) in [6.07, 6.45) is 43.3. The van der Waals surface area contributed by atoms with Crippen molar-refractivity contribution in [2.24, 2.45) is 0 Å². The molecule has 1 amide bonds. The number of likely N-dealkylation sites (N-methyl/N-ethyl adjacent to an activating group) is 1. The summed E-state index contributed by atoms with van der Waals surface area (Å²) in [7, 11) is 2.01. The van der Waals surface area contributed by atoms with Crippen LogP contribution in [-0.2, 0) is 9.59 Å². The van der Waals surface area contributed by atoms with Crippen LogP contribution in [0.15, 0.2) is 24.3 Å². The van der Waals surface area contributed by atoms with Gasteiger partial charge in [0, 0.05) is 12.8 Å². The molecule has 1 aliphatic rings. The van der Waals surface area contributed by atoms with Gasteiger partial charge in [-0.3, -0.25) is 14.2 Å². The molecule has 272 valence electrons. The van der Waals surface area contributed by atoms with Crippen molar-refractivity contribution in [2.45, 2.75) is 207 Å². The Bertz CT molecular complexity index is 862. The second-order valence-corrected chi connectivity index (χ2v) is 14.3. The van der Waals surface area contributed by atoms with Gasteiger partial charge in [-0.15, -0.1) is 0 Å². The minimum Gasteiger partial charge on any atom is -0.318 e. The fourth-order valence-electron chi connectivity index (χ4n) is 6.65. The lowest BCUT2D eigenvalue weighted by Gasteiger charge is -2.21. The van der Waals surface area contributed by atoms with Crippen molar-refractivity contribution in [1.29, 1.82) is 0 Å². The maximum Gasteiger partial charge on any atom is 0.317 e. The number of allylic oxidation sites excluding steroid dienone is 4. The summed E-state index contributed by atoms with van der Waals surface area (Å²) in [5.74, 6) is 1.11. The number of carbonyl (C=O) groups excluding carboxylic acids is 2. The summed E-state index contributed by atoms with van der Waals surface area (Å²) in [5.41, 5.74) is 0. The van der Waals surface area contributed by atoms with E-state index < -0.39 is 0 Å². The first kappa shape index (κ1) is 43.1. The number of rotatable bonds is 33. The molecule has 0 aromatic carbocycles. The van der Waals surface area contributed by atoms with Crippen LogP contribution in [0.4, 0.5) is 0 Å². The van der Waals surface area contributed by atoms with Crippen molar-refractivity contribution in [3.8, 4) is 0 Å². The standard InChI is InChI=1S/C42H77N3O2/c1-5-7-9-11-13-15-17-19-21-23-25-27-29-31-33-35-40(46)42-44(4)37-38-45(42)39(3)43-41(47)36-34-32-30-28-26-24-22-20-18-16-14-12-10-8-6-2/h19-22,39H,5-18,23-38H2,1-4H3/p+1/b21-19-,22-20-. The van der Waals surface area contributed by atoms with E-state index in [0.717, 1.165) is 44.6 Å². The number of nitrogens with one attached hydrogen (secondary N) is 1. The van der Waals surface area contributed by atoms with E-state index >= 15 is 0 Å². The summed E-state index contributed by atoms with van der Waals surface area (Å²) >= 11 is 0. The molecule has 0 fully saturated rings. The Morgan fingerprint density at radius 3 is 1.45 bits per heavy atom. The van der Waals surface area contributed by atoms with Crippen molar-refractivity contribution < 1.29 is 14.2 Å². The van der Waals surface area contributed by atoms with Gasteiger partial charge >= 0.3 is 5.84 Å². The lowest BCUT2D eigenvalue weighted by Crippen LogP contribution is -2.50. The molecule has 0 saturated carbocycles. The minimum absolute atomic E-state index is 0.105. The monoisotopic (exact) mass is 657 g/mol. The Hall–Kier alpha value is -1.91.